The Bertz CT molecular complexity index is 4160. The normalized spacial score (nSPS) is 13.2. The largest absolute Gasteiger partial charge is 0.309 e. The molecule has 12 aromatic carbocycles. The summed E-state index contributed by atoms with van der Waals surface area (Å²) in [6.45, 7) is 0. The number of thiophene rings is 1. The highest BCUT2D eigenvalue weighted by molar-refractivity contribution is 7.25. The first kappa shape index (κ1) is 37.0. The van der Waals surface area contributed by atoms with Crippen molar-refractivity contribution >= 4 is 91.7 Å². The summed E-state index contributed by atoms with van der Waals surface area (Å²) < 4.78 is 2.60. The Morgan fingerprint density at radius 1 is 0.284 bits per heavy atom. The first-order valence-corrected chi connectivity index (χ1v) is 24.1. The van der Waals surface area contributed by atoms with E-state index in [-0.39, 0.29) is 0 Å². The highest BCUT2D eigenvalue weighted by atomic mass is 32.1. The molecule has 0 radical (unpaired) electrons. The molecule has 2 aliphatic rings. The maximum Gasteiger partial charge on any atom is 0.0726 e. The van der Waals surface area contributed by atoms with Crippen molar-refractivity contribution in [3.63, 3.8) is 0 Å². The van der Waals surface area contributed by atoms with E-state index in [0.29, 0.717) is 0 Å². The second kappa shape index (κ2) is 13.9. The van der Waals surface area contributed by atoms with Crippen LogP contribution in [0.15, 0.2) is 237 Å². The number of nitrogens with zero attached hydrogens (tertiary/aromatic N) is 1. The zero-order valence-corrected chi connectivity index (χ0v) is 37.2. The van der Waals surface area contributed by atoms with Crippen LogP contribution < -0.4 is 4.90 Å². The Morgan fingerprint density at radius 2 is 0.791 bits per heavy atom. The van der Waals surface area contributed by atoms with Gasteiger partial charge in [-0.3, -0.25) is 0 Å². The highest BCUT2D eigenvalue weighted by Crippen LogP contribution is 2.64. The summed E-state index contributed by atoms with van der Waals surface area (Å²) in [4.78, 5) is 2.58. The van der Waals surface area contributed by atoms with E-state index in [1.54, 1.807) is 0 Å². The van der Waals surface area contributed by atoms with Crippen LogP contribution in [0.5, 0.6) is 0 Å². The number of hydrogen-bond donors (Lipinski definition) is 0. The molecule has 0 unspecified atom stereocenters. The van der Waals surface area contributed by atoms with Gasteiger partial charge in [0.05, 0.1) is 16.8 Å². The standard InChI is InChI=1S/C65H39NS/c1-2-18-43-40(16-1)17-15-30-61(43)66(42-33-35-48-46-21-4-3-19-44(46)45-20-5-6-22-47(45)55(48)37-42)62-39-60-56(38-54(62)41-32-34-53-52-26-10-14-31-63(52)67-64(53)36-41)51-25-9-13-29-59(51)65(60)57-27-11-7-23-49(57)50-24-8-12-28-58(50)65/h1-39H. The van der Waals surface area contributed by atoms with Gasteiger partial charge >= 0.3 is 0 Å². The van der Waals surface area contributed by atoms with Gasteiger partial charge in [-0.25, -0.2) is 0 Å². The molecule has 2 heteroatoms. The lowest BCUT2D eigenvalue weighted by molar-refractivity contribution is 0.794. The van der Waals surface area contributed by atoms with Crippen LogP contribution in [0.4, 0.5) is 17.1 Å². The van der Waals surface area contributed by atoms with Gasteiger partial charge in [-0.2, -0.15) is 0 Å². The van der Waals surface area contributed by atoms with Gasteiger partial charge in [-0.1, -0.05) is 194 Å². The summed E-state index contributed by atoms with van der Waals surface area (Å²) in [5, 5.41) is 12.6. The van der Waals surface area contributed by atoms with Crippen LogP contribution in [0.1, 0.15) is 22.3 Å². The zero-order chi connectivity index (χ0) is 43.8. The molecule has 0 amide bonds. The third kappa shape index (κ3) is 5.03. The molecule has 0 bridgehead atoms. The van der Waals surface area contributed by atoms with Crippen LogP contribution in [0, 0.1) is 0 Å². The van der Waals surface area contributed by atoms with E-state index in [0.717, 1.165) is 17.1 Å². The quantitative estimate of drug-likeness (QED) is 0.159. The van der Waals surface area contributed by atoms with Crippen molar-refractivity contribution in [3.8, 4) is 33.4 Å². The second-order valence-corrected chi connectivity index (χ2v) is 19.3. The maximum absolute atomic E-state index is 2.59. The average molecular weight is 866 g/mol. The van der Waals surface area contributed by atoms with Gasteiger partial charge in [-0.15, -0.1) is 11.3 Å². The smallest absolute Gasteiger partial charge is 0.0726 e. The molecule has 0 aliphatic heterocycles. The van der Waals surface area contributed by atoms with Crippen LogP contribution in [0.25, 0.3) is 96.6 Å². The molecule has 0 saturated heterocycles. The van der Waals surface area contributed by atoms with E-state index in [2.05, 4.69) is 241 Å². The van der Waals surface area contributed by atoms with Gasteiger partial charge in [0.2, 0.25) is 0 Å². The van der Waals surface area contributed by atoms with E-state index in [9.17, 15) is 0 Å². The lowest BCUT2D eigenvalue weighted by atomic mass is 9.70. The summed E-state index contributed by atoms with van der Waals surface area (Å²) in [6.07, 6.45) is 0. The Hall–Kier alpha value is -8.30. The monoisotopic (exact) mass is 865 g/mol. The minimum absolute atomic E-state index is 0.509. The molecule has 0 fully saturated rings. The number of fused-ring (bicyclic) bond motifs is 20. The van der Waals surface area contributed by atoms with Gasteiger partial charge in [0.25, 0.3) is 0 Å². The number of anilines is 3. The molecular formula is C65H39NS. The molecule has 1 heterocycles. The van der Waals surface area contributed by atoms with Gasteiger partial charge in [0, 0.05) is 36.8 Å². The molecule has 2 aliphatic carbocycles. The van der Waals surface area contributed by atoms with Gasteiger partial charge < -0.3 is 4.90 Å². The molecule has 0 atom stereocenters. The topological polar surface area (TPSA) is 3.24 Å². The van der Waals surface area contributed by atoms with E-state index in [1.807, 2.05) is 11.3 Å². The molecule has 1 spiro atoms. The highest BCUT2D eigenvalue weighted by Gasteiger charge is 2.52. The maximum atomic E-state index is 2.59. The fourth-order valence-corrected chi connectivity index (χ4v) is 13.4. The second-order valence-electron chi connectivity index (χ2n) is 18.3. The predicted molar refractivity (Wildman–Crippen MR) is 286 cm³/mol. The van der Waals surface area contributed by atoms with Crippen molar-refractivity contribution < 1.29 is 0 Å². The van der Waals surface area contributed by atoms with E-state index in [4.69, 9.17) is 0 Å². The zero-order valence-electron chi connectivity index (χ0n) is 36.4. The third-order valence-electron chi connectivity index (χ3n) is 15.0. The molecule has 0 saturated carbocycles. The first-order chi connectivity index (χ1) is 33.2. The summed E-state index contributed by atoms with van der Waals surface area (Å²) in [5.74, 6) is 0. The summed E-state index contributed by atoms with van der Waals surface area (Å²) in [7, 11) is 0. The SMILES string of the molecule is c1ccc2c(c1)-c1ccccc1C21c2ccccc2-c2cc(-c3ccc4c(c3)sc3ccccc34)c(N(c3ccc4c5ccccc5c5ccccc5c4c3)c3cccc4ccccc34)cc21. The van der Waals surface area contributed by atoms with Crippen LogP contribution in [-0.2, 0) is 5.41 Å². The lowest BCUT2D eigenvalue weighted by Crippen LogP contribution is -2.26. The summed E-state index contributed by atoms with van der Waals surface area (Å²) >= 11 is 1.88. The average Bonchev–Trinajstić information content (AvgIpc) is 4.02. The van der Waals surface area contributed by atoms with Crippen molar-refractivity contribution in [2.75, 3.05) is 4.90 Å². The van der Waals surface area contributed by atoms with Gasteiger partial charge in [0.15, 0.2) is 0 Å². The van der Waals surface area contributed by atoms with Crippen LogP contribution in [0.3, 0.4) is 0 Å². The lowest BCUT2D eigenvalue weighted by Gasteiger charge is -2.34. The fraction of sp³-hybridized carbons (Fsp3) is 0.0154. The summed E-state index contributed by atoms with van der Waals surface area (Å²) in [6, 6.07) is 89.3. The molecule has 15 rings (SSSR count). The fourth-order valence-electron chi connectivity index (χ4n) is 12.3. The molecule has 0 N–H and O–H groups in total. The van der Waals surface area contributed by atoms with Crippen LogP contribution in [-0.4, -0.2) is 0 Å². The van der Waals surface area contributed by atoms with E-state index in [1.165, 1.54) is 119 Å². The van der Waals surface area contributed by atoms with Crippen molar-refractivity contribution in [1.82, 2.24) is 0 Å². The van der Waals surface area contributed by atoms with Crippen molar-refractivity contribution in [3.05, 3.63) is 259 Å². The Morgan fingerprint density at radius 3 is 1.48 bits per heavy atom. The minimum Gasteiger partial charge on any atom is -0.309 e. The van der Waals surface area contributed by atoms with Gasteiger partial charge in [-0.05, 0) is 130 Å². The third-order valence-corrected chi connectivity index (χ3v) is 16.2. The number of hydrogen-bond acceptors (Lipinski definition) is 2. The number of rotatable bonds is 4. The van der Waals surface area contributed by atoms with E-state index >= 15 is 0 Å². The van der Waals surface area contributed by atoms with Gasteiger partial charge in [0.1, 0.15) is 0 Å². The molecule has 13 aromatic rings. The molecule has 1 nitrogen and oxygen atoms in total. The van der Waals surface area contributed by atoms with E-state index < -0.39 is 5.41 Å². The van der Waals surface area contributed by atoms with Crippen LogP contribution >= 0.6 is 11.3 Å². The first-order valence-electron chi connectivity index (χ1n) is 23.2. The van der Waals surface area contributed by atoms with Crippen molar-refractivity contribution in [1.29, 1.82) is 0 Å². The van der Waals surface area contributed by atoms with Crippen molar-refractivity contribution in [2.24, 2.45) is 0 Å². The minimum atomic E-state index is -0.509. The molecule has 67 heavy (non-hydrogen) atoms. The predicted octanol–water partition coefficient (Wildman–Crippen LogP) is 18.1. The number of benzene rings is 12. The Labute approximate surface area is 392 Å². The molecular weight excluding hydrogens is 827 g/mol. The Balaban J connectivity index is 1.10. The van der Waals surface area contributed by atoms with Crippen LogP contribution in [0.2, 0.25) is 0 Å². The molecule has 310 valence electrons. The Kier molecular flexibility index (Phi) is 7.65. The summed E-state index contributed by atoms with van der Waals surface area (Å²) in [5.41, 5.74) is 15.8. The van der Waals surface area contributed by atoms with Crippen molar-refractivity contribution in [2.45, 2.75) is 5.41 Å². The molecule has 1 aromatic heterocycles.